The zero-order valence-corrected chi connectivity index (χ0v) is 10.5. The minimum Gasteiger partial charge on any atom is -0.872 e. The van der Waals surface area contributed by atoms with Gasteiger partial charge in [0, 0.05) is 5.92 Å². The van der Waals surface area contributed by atoms with Crippen LogP contribution in [0.4, 0.5) is 0 Å². The molecule has 0 aliphatic heterocycles. The van der Waals surface area contributed by atoms with Crippen LogP contribution in [0.2, 0.25) is 0 Å². The maximum absolute atomic E-state index is 11.7. The summed E-state index contributed by atoms with van der Waals surface area (Å²) in [6.07, 6.45) is 5.85. The number of aliphatic hydroxyl groups is 2. The van der Waals surface area contributed by atoms with Gasteiger partial charge in [0.25, 0.3) is 0 Å². The van der Waals surface area contributed by atoms with Crippen LogP contribution in [0.1, 0.15) is 12.0 Å². The summed E-state index contributed by atoms with van der Waals surface area (Å²) in [7, 11) is 0. The van der Waals surface area contributed by atoms with Gasteiger partial charge in [0.15, 0.2) is 0 Å². The molecule has 2 atom stereocenters. The smallest absolute Gasteiger partial charge is 0.114 e. The van der Waals surface area contributed by atoms with E-state index in [1.807, 2.05) is 6.08 Å². The largest absolute Gasteiger partial charge is 0.872 e. The van der Waals surface area contributed by atoms with Gasteiger partial charge in [0.2, 0.25) is 0 Å². The van der Waals surface area contributed by atoms with Crippen molar-refractivity contribution in [2.24, 2.45) is 5.92 Å². The summed E-state index contributed by atoms with van der Waals surface area (Å²) < 4.78 is 0. The topological polar surface area (TPSA) is 83.8 Å². The van der Waals surface area contributed by atoms with Crippen LogP contribution in [0.5, 0.6) is 11.5 Å². The lowest BCUT2D eigenvalue weighted by atomic mass is 9.88. The van der Waals surface area contributed by atoms with Gasteiger partial charge >= 0.3 is 0 Å². The molecule has 1 unspecified atom stereocenters. The third-order valence-corrected chi connectivity index (χ3v) is 3.31. The molecule has 1 aliphatic rings. The second-order valence-electron chi connectivity index (χ2n) is 4.74. The summed E-state index contributed by atoms with van der Waals surface area (Å²) in [6, 6.07) is 4.24. The molecule has 4 nitrogen and oxygen atoms in total. The first-order valence-corrected chi connectivity index (χ1v) is 6.26. The number of hydrogen-bond donors (Lipinski definition) is 3. The Balaban J connectivity index is 2.13. The number of phenols is 1. The Morgan fingerprint density at radius 2 is 2.16 bits per heavy atom. The summed E-state index contributed by atoms with van der Waals surface area (Å²) >= 11 is 0. The van der Waals surface area contributed by atoms with Gasteiger partial charge in [-0.25, -0.2) is 0 Å². The molecule has 3 N–H and O–H groups in total. The van der Waals surface area contributed by atoms with Gasteiger partial charge in [-0.15, -0.1) is 5.75 Å². The van der Waals surface area contributed by atoms with E-state index in [0.29, 0.717) is 18.4 Å². The van der Waals surface area contributed by atoms with E-state index in [-0.39, 0.29) is 24.0 Å². The highest BCUT2D eigenvalue weighted by molar-refractivity contribution is 5.39. The Bertz CT molecular complexity index is 505. The second-order valence-corrected chi connectivity index (χ2v) is 4.74. The van der Waals surface area contributed by atoms with Crippen LogP contribution in [-0.4, -0.2) is 28.0 Å². The molecule has 0 heterocycles. The minimum atomic E-state index is -0.466. The van der Waals surface area contributed by atoms with Gasteiger partial charge < -0.3 is 20.4 Å². The van der Waals surface area contributed by atoms with Crippen LogP contribution in [0.3, 0.4) is 0 Å². The van der Waals surface area contributed by atoms with Crippen molar-refractivity contribution in [2.45, 2.75) is 18.9 Å². The highest BCUT2D eigenvalue weighted by atomic mass is 16.3. The molecule has 0 saturated heterocycles. The zero-order chi connectivity index (χ0) is 13.8. The molecule has 19 heavy (non-hydrogen) atoms. The molecule has 102 valence electrons. The molecule has 0 aromatic heterocycles. The number of aliphatic hydroxyl groups excluding tert-OH is 2. The molecule has 0 spiro atoms. The standard InChI is InChI=1S/C15H18O4/c16-9-12(10-1-4-13(17)5-2-10)7-11-3-6-14(18)8-15(11)19/h1-4,6,8,12-13,16-19H,5,7,9H2/p-1/t12-,13?/m1/s1. The van der Waals surface area contributed by atoms with Crippen molar-refractivity contribution in [1.29, 1.82) is 0 Å². The van der Waals surface area contributed by atoms with E-state index in [1.165, 1.54) is 12.1 Å². The van der Waals surface area contributed by atoms with E-state index in [9.17, 15) is 20.4 Å². The Kier molecular flexibility index (Phi) is 4.24. The Hall–Kier alpha value is -1.78. The van der Waals surface area contributed by atoms with Gasteiger partial charge in [-0.3, -0.25) is 0 Å². The number of aromatic hydroxyl groups is 1. The van der Waals surface area contributed by atoms with Crippen molar-refractivity contribution in [3.8, 4) is 11.5 Å². The number of benzene rings is 1. The lowest BCUT2D eigenvalue weighted by Gasteiger charge is -2.22. The van der Waals surface area contributed by atoms with Crippen LogP contribution >= 0.6 is 0 Å². The zero-order valence-electron chi connectivity index (χ0n) is 10.5. The fraction of sp³-hybridized carbons (Fsp3) is 0.333. The first-order valence-electron chi connectivity index (χ1n) is 6.26. The maximum Gasteiger partial charge on any atom is 0.114 e. The van der Waals surface area contributed by atoms with Crippen LogP contribution < -0.4 is 5.11 Å². The predicted molar refractivity (Wildman–Crippen MR) is 69.7 cm³/mol. The van der Waals surface area contributed by atoms with Crippen molar-refractivity contribution < 1.29 is 20.4 Å². The molecule has 4 heteroatoms. The third-order valence-electron chi connectivity index (χ3n) is 3.31. The maximum atomic E-state index is 11.7. The summed E-state index contributed by atoms with van der Waals surface area (Å²) in [5.41, 5.74) is 1.50. The summed E-state index contributed by atoms with van der Waals surface area (Å²) in [6.45, 7) is -0.0629. The minimum absolute atomic E-state index is 0.0470. The van der Waals surface area contributed by atoms with Crippen molar-refractivity contribution >= 4 is 0 Å². The normalized spacial score (nSPS) is 20.1. The average molecular weight is 261 g/mol. The van der Waals surface area contributed by atoms with E-state index in [4.69, 9.17) is 0 Å². The van der Waals surface area contributed by atoms with Crippen LogP contribution in [0.25, 0.3) is 0 Å². The molecule has 1 aliphatic carbocycles. The number of hydrogen-bond acceptors (Lipinski definition) is 4. The highest BCUT2D eigenvalue weighted by Gasteiger charge is 2.15. The van der Waals surface area contributed by atoms with E-state index in [2.05, 4.69) is 0 Å². The quantitative estimate of drug-likeness (QED) is 0.750. The van der Waals surface area contributed by atoms with Crippen molar-refractivity contribution in [3.05, 3.63) is 47.6 Å². The van der Waals surface area contributed by atoms with Gasteiger partial charge in [0.1, 0.15) is 5.75 Å². The molecule has 0 bridgehead atoms. The molecule has 2 rings (SSSR count). The van der Waals surface area contributed by atoms with E-state index < -0.39 is 6.10 Å². The predicted octanol–water partition coefficient (Wildman–Crippen LogP) is 0.864. The summed E-state index contributed by atoms with van der Waals surface area (Å²) in [5, 5.41) is 39.8. The highest BCUT2D eigenvalue weighted by Crippen LogP contribution is 2.27. The fourth-order valence-electron chi connectivity index (χ4n) is 2.19. The molecular formula is C15H17O4-. The molecular weight excluding hydrogens is 244 g/mol. The Labute approximate surface area is 112 Å². The van der Waals surface area contributed by atoms with Crippen molar-refractivity contribution in [1.82, 2.24) is 0 Å². The molecule has 0 amide bonds. The molecule has 0 saturated carbocycles. The molecule has 1 aromatic carbocycles. The SMILES string of the molecule is [O-]c1cc(O)ccc1C[C@H](CO)C1=CCC(O)C=C1. The van der Waals surface area contributed by atoms with Crippen molar-refractivity contribution in [2.75, 3.05) is 6.61 Å². The lowest BCUT2D eigenvalue weighted by molar-refractivity contribution is -0.269. The lowest BCUT2D eigenvalue weighted by Crippen LogP contribution is -2.16. The molecule has 0 fully saturated rings. The second kappa shape index (κ2) is 5.91. The van der Waals surface area contributed by atoms with Gasteiger partial charge in [0.05, 0.1) is 12.7 Å². The third kappa shape index (κ3) is 3.36. The Morgan fingerprint density at radius 3 is 2.74 bits per heavy atom. The number of allylic oxidation sites excluding steroid dienone is 1. The fourth-order valence-corrected chi connectivity index (χ4v) is 2.19. The summed E-state index contributed by atoms with van der Waals surface area (Å²) in [5.74, 6) is -0.436. The monoisotopic (exact) mass is 261 g/mol. The first kappa shape index (κ1) is 13.6. The average Bonchev–Trinajstić information content (AvgIpc) is 2.39. The van der Waals surface area contributed by atoms with Gasteiger partial charge in [-0.2, -0.15) is 0 Å². The summed E-state index contributed by atoms with van der Waals surface area (Å²) in [4.78, 5) is 0. The van der Waals surface area contributed by atoms with E-state index in [0.717, 1.165) is 5.57 Å². The first-order chi connectivity index (χ1) is 9.10. The van der Waals surface area contributed by atoms with E-state index >= 15 is 0 Å². The Morgan fingerprint density at radius 1 is 1.37 bits per heavy atom. The van der Waals surface area contributed by atoms with Crippen molar-refractivity contribution in [3.63, 3.8) is 0 Å². The molecule has 0 radical (unpaired) electrons. The van der Waals surface area contributed by atoms with Crippen LogP contribution in [-0.2, 0) is 6.42 Å². The van der Waals surface area contributed by atoms with Gasteiger partial charge in [-0.1, -0.05) is 29.9 Å². The molecule has 1 aromatic rings. The number of phenolic OH excluding ortho intramolecular Hbond substituents is 1. The van der Waals surface area contributed by atoms with E-state index in [1.54, 1.807) is 18.2 Å². The van der Waals surface area contributed by atoms with Crippen LogP contribution in [0.15, 0.2) is 42.0 Å². The van der Waals surface area contributed by atoms with Crippen LogP contribution in [0, 0.1) is 5.92 Å². The number of rotatable bonds is 4. The van der Waals surface area contributed by atoms with Gasteiger partial charge in [-0.05, 0) is 30.5 Å².